The van der Waals surface area contributed by atoms with E-state index < -0.39 is 0 Å². The summed E-state index contributed by atoms with van der Waals surface area (Å²) in [5.41, 5.74) is 6.79. The van der Waals surface area contributed by atoms with Crippen LogP contribution in [0, 0.1) is 12.8 Å². The summed E-state index contributed by atoms with van der Waals surface area (Å²) in [4.78, 5) is 13.7. The van der Waals surface area contributed by atoms with Crippen molar-refractivity contribution in [3.05, 3.63) is 29.8 Å². The number of nitrogens with two attached hydrogens (primary N) is 1. The molecule has 0 aliphatic carbocycles. The lowest BCUT2D eigenvalue weighted by Gasteiger charge is -2.16. The van der Waals surface area contributed by atoms with Gasteiger partial charge in [-0.2, -0.15) is 0 Å². The van der Waals surface area contributed by atoms with Gasteiger partial charge in [-0.15, -0.1) is 0 Å². The molecule has 1 amide bonds. The highest BCUT2D eigenvalue weighted by Gasteiger charge is 2.25. The van der Waals surface area contributed by atoms with Crippen LogP contribution in [0.25, 0.3) is 0 Å². The second-order valence-corrected chi connectivity index (χ2v) is 4.83. The molecule has 98 valence electrons. The van der Waals surface area contributed by atoms with Crippen LogP contribution in [-0.4, -0.2) is 37.0 Å². The van der Waals surface area contributed by atoms with Crippen LogP contribution in [0.15, 0.2) is 24.3 Å². The van der Waals surface area contributed by atoms with Crippen molar-refractivity contribution in [2.45, 2.75) is 13.3 Å². The van der Waals surface area contributed by atoms with Crippen molar-refractivity contribution in [1.82, 2.24) is 4.90 Å². The zero-order valence-electron chi connectivity index (χ0n) is 10.8. The molecule has 1 unspecified atom stereocenters. The third-order valence-corrected chi connectivity index (χ3v) is 3.36. The van der Waals surface area contributed by atoms with Gasteiger partial charge in [0.25, 0.3) is 5.91 Å². The molecule has 4 nitrogen and oxygen atoms in total. The van der Waals surface area contributed by atoms with Crippen molar-refractivity contribution in [3.63, 3.8) is 0 Å². The molecule has 1 aromatic carbocycles. The van der Waals surface area contributed by atoms with Gasteiger partial charge in [-0.1, -0.05) is 17.7 Å². The molecule has 2 N–H and O–H groups in total. The molecule has 0 aromatic heterocycles. The number of likely N-dealkylation sites (tertiary alicyclic amines) is 1. The summed E-state index contributed by atoms with van der Waals surface area (Å²) in [6.45, 7) is 4.36. The SMILES string of the molecule is Cc1ccc(OCC(=O)N2CCC(CN)C2)cc1. The summed E-state index contributed by atoms with van der Waals surface area (Å²) in [7, 11) is 0. The molecule has 1 saturated heterocycles. The Morgan fingerprint density at radius 2 is 2.17 bits per heavy atom. The average Bonchev–Trinajstić information content (AvgIpc) is 2.86. The van der Waals surface area contributed by atoms with Crippen LogP contribution < -0.4 is 10.5 Å². The van der Waals surface area contributed by atoms with E-state index in [4.69, 9.17) is 10.5 Å². The second-order valence-electron chi connectivity index (χ2n) is 4.83. The maximum atomic E-state index is 11.9. The molecule has 0 radical (unpaired) electrons. The van der Waals surface area contributed by atoms with Crippen molar-refractivity contribution in [2.24, 2.45) is 11.7 Å². The van der Waals surface area contributed by atoms with Gasteiger partial charge >= 0.3 is 0 Å². The van der Waals surface area contributed by atoms with Crippen molar-refractivity contribution >= 4 is 5.91 Å². The third-order valence-electron chi connectivity index (χ3n) is 3.36. The highest BCUT2D eigenvalue weighted by Crippen LogP contribution is 2.16. The van der Waals surface area contributed by atoms with E-state index in [1.165, 1.54) is 5.56 Å². The van der Waals surface area contributed by atoms with Crippen LogP contribution in [0.5, 0.6) is 5.75 Å². The smallest absolute Gasteiger partial charge is 0.260 e. The van der Waals surface area contributed by atoms with Crippen molar-refractivity contribution in [3.8, 4) is 5.75 Å². The van der Waals surface area contributed by atoms with E-state index in [1.54, 1.807) is 0 Å². The first kappa shape index (κ1) is 12.9. The molecule has 1 atom stereocenters. The Kier molecular flexibility index (Phi) is 4.20. The van der Waals surface area contributed by atoms with E-state index >= 15 is 0 Å². The Balaban J connectivity index is 1.80. The molecule has 4 heteroatoms. The van der Waals surface area contributed by atoms with E-state index in [2.05, 4.69) is 0 Å². The maximum Gasteiger partial charge on any atom is 0.260 e. The van der Waals surface area contributed by atoms with Gasteiger partial charge in [-0.25, -0.2) is 0 Å². The Morgan fingerprint density at radius 3 is 2.78 bits per heavy atom. The maximum absolute atomic E-state index is 11.9. The molecular weight excluding hydrogens is 228 g/mol. The summed E-state index contributed by atoms with van der Waals surface area (Å²) in [5.74, 6) is 1.24. The van der Waals surface area contributed by atoms with Crippen LogP contribution in [0.2, 0.25) is 0 Å². The third kappa shape index (κ3) is 3.23. The minimum atomic E-state index is 0.0477. The topological polar surface area (TPSA) is 55.6 Å². The molecule has 1 aliphatic rings. The predicted octanol–water partition coefficient (Wildman–Crippen LogP) is 1.18. The standard InChI is InChI=1S/C14H20N2O2/c1-11-2-4-13(5-3-11)18-10-14(17)16-7-6-12(8-15)9-16/h2-5,12H,6-10,15H2,1H3. The molecule has 0 bridgehead atoms. The molecule has 1 aliphatic heterocycles. The molecular formula is C14H20N2O2. The zero-order valence-corrected chi connectivity index (χ0v) is 10.8. The summed E-state index contributed by atoms with van der Waals surface area (Å²) in [6.07, 6.45) is 1.01. The lowest BCUT2D eigenvalue weighted by atomic mass is 10.1. The number of benzene rings is 1. The first-order valence-corrected chi connectivity index (χ1v) is 6.36. The quantitative estimate of drug-likeness (QED) is 0.870. The Hall–Kier alpha value is -1.55. The van der Waals surface area contributed by atoms with Gasteiger partial charge in [0.15, 0.2) is 6.61 Å². The van der Waals surface area contributed by atoms with Crippen LogP contribution in [0.1, 0.15) is 12.0 Å². The van der Waals surface area contributed by atoms with Crippen LogP contribution in [0.3, 0.4) is 0 Å². The first-order chi connectivity index (χ1) is 8.69. The Morgan fingerprint density at radius 1 is 1.44 bits per heavy atom. The van der Waals surface area contributed by atoms with Gasteiger partial charge in [0, 0.05) is 13.1 Å². The summed E-state index contributed by atoms with van der Waals surface area (Å²) in [6, 6.07) is 7.71. The largest absolute Gasteiger partial charge is 0.484 e. The lowest BCUT2D eigenvalue weighted by Crippen LogP contribution is -2.33. The Bertz CT molecular complexity index is 403. The number of carbonyl (C=O) groups excluding carboxylic acids is 1. The van der Waals surface area contributed by atoms with Crippen LogP contribution >= 0.6 is 0 Å². The van der Waals surface area contributed by atoms with E-state index in [0.29, 0.717) is 12.5 Å². The number of carbonyl (C=O) groups is 1. The van der Waals surface area contributed by atoms with Crippen LogP contribution in [0.4, 0.5) is 0 Å². The number of nitrogens with zero attached hydrogens (tertiary/aromatic N) is 1. The van der Waals surface area contributed by atoms with Gasteiger partial charge in [0.05, 0.1) is 0 Å². The molecule has 1 heterocycles. The zero-order chi connectivity index (χ0) is 13.0. The van der Waals surface area contributed by atoms with Crippen molar-refractivity contribution in [1.29, 1.82) is 0 Å². The highest BCUT2D eigenvalue weighted by atomic mass is 16.5. The number of ether oxygens (including phenoxy) is 1. The molecule has 1 aromatic rings. The fourth-order valence-electron chi connectivity index (χ4n) is 2.12. The van der Waals surface area contributed by atoms with E-state index in [0.717, 1.165) is 25.3 Å². The Labute approximate surface area is 108 Å². The van der Waals surface area contributed by atoms with E-state index in [9.17, 15) is 4.79 Å². The van der Waals surface area contributed by atoms with Crippen LogP contribution in [-0.2, 0) is 4.79 Å². The number of hydrogen-bond acceptors (Lipinski definition) is 3. The highest BCUT2D eigenvalue weighted by molar-refractivity contribution is 5.78. The fraction of sp³-hybridized carbons (Fsp3) is 0.500. The lowest BCUT2D eigenvalue weighted by molar-refractivity contribution is -0.132. The second kappa shape index (κ2) is 5.87. The van der Waals surface area contributed by atoms with Gasteiger partial charge in [-0.3, -0.25) is 4.79 Å². The number of rotatable bonds is 4. The van der Waals surface area contributed by atoms with Gasteiger partial charge in [0.2, 0.25) is 0 Å². The number of amides is 1. The summed E-state index contributed by atoms with van der Waals surface area (Å²) < 4.78 is 5.48. The molecule has 0 saturated carbocycles. The van der Waals surface area contributed by atoms with Crippen molar-refractivity contribution < 1.29 is 9.53 Å². The van der Waals surface area contributed by atoms with Gasteiger partial charge < -0.3 is 15.4 Å². The van der Waals surface area contributed by atoms with E-state index in [-0.39, 0.29) is 12.5 Å². The normalized spacial score (nSPS) is 19.0. The van der Waals surface area contributed by atoms with Crippen molar-refractivity contribution in [2.75, 3.05) is 26.2 Å². The molecule has 1 fully saturated rings. The minimum Gasteiger partial charge on any atom is -0.484 e. The number of hydrogen-bond donors (Lipinski definition) is 1. The monoisotopic (exact) mass is 248 g/mol. The number of aryl methyl sites for hydroxylation is 1. The first-order valence-electron chi connectivity index (χ1n) is 6.36. The van der Waals surface area contributed by atoms with Gasteiger partial charge in [-0.05, 0) is 37.9 Å². The molecule has 0 spiro atoms. The summed E-state index contributed by atoms with van der Waals surface area (Å²) >= 11 is 0. The van der Waals surface area contributed by atoms with E-state index in [1.807, 2.05) is 36.1 Å². The summed E-state index contributed by atoms with van der Waals surface area (Å²) in [5, 5.41) is 0. The average molecular weight is 248 g/mol. The fourth-order valence-corrected chi connectivity index (χ4v) is 2.12. The molecule has 18 heavy (non-hydrogen) atoms. The minimum absolute atomic E-state index is 0.0477. The molecule has 2 rings (SSSR count). The van der Waals surface area contributed by atoms with Gasteiger partial charge in [0.1, 0.15) is 5.75 Å². The predicted molar refractivity (Wildman–Crippen MR) is 70.4 cm³/mol.